The number of rotatable bonds is 10. The third-order valence-corrected chi connectivity index (χ3v) is 13.1. The first-order chi connectivity index (χ1) is 24.5. The average Bonchev–Trinajstić information content (AvgIpc) is 3.65. The maximum absolute atomic E-state index is 16.7. The number of halogens is 6. The minimum atomic E-state index is -5.01. The van der Waals surface area contributed by atoms with Gasteiger partial charge in [-0.25, -0.2) is 13.3 Å². The normalized spacial score (nSPS) is 25.6. The molecule has 4 aliphatic rings. The van der Waals surface area contributed by atoms with Crippen LogP contribution in [0.15, 0.2) is 18.3 Å². The van der Waals surface area contributed by atoms with E-state index in [4.69, 9.17) is 30.4 Å². The van der Waals surface area contributed by atoms with Crippen molar-refractivity contribution in [1.82, 2.24) is 24.5 Å². The van der Waals surface area contributed by atoms with Gasteiger partial charge in [-0.3, -0.25) is 18.9 Å². The number of fused-ring (bicyclic) bond motifs is 4. The van der Waals surface area contributed by atoms with Gasteiger partial charge in [-0.15, -0.1) is 0 Å². The standard InChI is InChI=1S/C34H41ClF5N6O5P/c1-18(2)50-52(48,51-19(3)4)46-21-6-7-22(46)16-44(15-21)31-25-13-41-29(24-10-23(47)11-26(35)27(24)34(38,39)40)28(37)30(25)42-32(43-31)49-17-33-8-5-9-45(33)14-20(36)12-33/h10-11,13,18-22,47H,5-9,12,14-17H2,1-4H3/t20-,21?,22?,33+/m1/s1. The number of benzene rings is 1. The van der Waals surface area contributed by atoms with E-state index >= 15 is 4.39 Å². The molecule has 6 heterocycles. The van der Waals surface area contributed by atoms with Gasteiger partial charge in [0.2, 0.25) is 0 Å². The van der Waals surface area contributed by atoms with E-state index in [-0.39, 0.29) is 79.7 Å². The highest BCUT2D eigenvalue weighted by Crippen LogP contribution is 2.60. The number of piperazine rings is 1. The molecule has 7 rings (SSSR count). The van der Waals surface area contributed by atoms with E-state index in [1.54, 1.807) is 27.7 Å². The van der Waals surface area contributed by atoms with E-state index in [1.807, 2.05) is 14.5 Å². The van der Waals surface area contributed by atoms with Crippen molar-refractivity contribution in [3.8, 4) is 23.0 Å². The molecule has 1 N–H and O–H groups in total. The Hall–Kier alpha value is -2.88. The van der Waals surface area contributed by atoms with E-state index < -0.39 is 59.0 Å². The lowest BCUT2D eigenvalue weighted by Gasteiger charge is -2.44. The minimum absolute atomic E-state index is 0.0274. The molecule has 11 nitrogen and oxygen atoms in total. The Balaban J connectivity index is 1.31. The summed E-state index contributed by atoms with van der Waals surface area (Å²) in [4.78, 5) is 17.1. The van der Waals surface area contributed by atoms with E-state index in [2.05, 4.69) is 9.97 Å². The van der Waals surface area contributed by atoms with Crippen molar-refractivity contribution in [1.29, 1.82) is 0 Å². The molecule has 0 aliphatic carbocycles. The summed E-state index contributed by atoms with van der Waals surface area (Å²) in [5, 5.41) is 9.46. The highest BCUT2D eigenvalue weighted by molar-refractivity contribution is 7.51. The number of phenols is 1. The maximum atomic E-state index is 16.7. The number of alkyl halides is 4. The second-order valence-electron chi connectivity index (χ2n) is 14.7. The molecule has 2 unspecified atom stereocenters. The average molecular weight is 775 g/mol. The molecule has 4 saturated heterocycles. The Morgan fingerprint density at radius 1 is 1.08 bits per heavy atom. The molecule has 0 radical (unpaired) electrons. The Morgan fingerprint density at radius 3 is 2.38 bits per heavy atom. The van der Waals surface area contributed by atoms with Crippen LogP contribution in [-0.2, 0) is 19.8 Å². The molecular formula is C34H41ClF5N6O5P. The fraction of sp³-hybridized carbons (Fsp3) is 0.618. The van der Waals surface area contributed by atoms with Crippen LogP contribution in [0.3, 0.4) is 0 Å². The largest absolute Gasteiger partial charge is 0.508 e. The van der Waals surface area contributed by atoms with Gasteiger partial charge in [0.1, 0.15) is 35.6 Å². The SMILES string of the molecule is CC(C)OP(=O)(OC(C)C)N1C2CCC1CN(c1nc(OC[C@@]34CCCN3C[C@H](F)C4)nc3c(F)c(-c4cc(O)cc(Cl)c4C(F)(F)F)ncc13)C2. The van der Waals surface area contributed by atoms with Gasteiger partial charge in [-0.05, 0) is 72.1 Å². The molecule has 4 atom stereocenters. The number of nitrogens with zero attached hydrogens (tertiary/aromatic N) is 6. The number of aromatic hydroxyl groups is 1. The summed E-state index contributed by atoms with van der Waals surface area (Å²) in [6, 6.07) is 0.631. The second kappa shape index (κ2) is 13.8. The monoisotopic (exact) mass is 774 g/mol. The zero-order valence-corrected chi connectivity index (χ0v) is 30.8. The van der Waals surface area contributed by atoms with E-state index in [1.165, 1.54) is 6.20 Å². The number of ether oxygens (including phenoxy) is 1. The van der Waals surface area contributed by atoms with Crippen molar-refractivity contribution in [3.63, 3.8) is 0 Å². The first-order valence-corrected chi connectivity index (χ1v) is 19.3. The zero-order chi connectivity index (χ0) is 37.3. The van der Waals surface area contributed by atoms with Crippen molar-refractivity contribution in [3.05, 3.63) is 34.7 Å². The predicted octanol–water partition coefficient (Wildman–Crippen LogP) is 7.78. The molecule has 0 spiro atoms. The summed E-state index contributed by atoms with van der Waals surface area (Å²) < 4.78 is 108. The van der Waals surface area contributed by atoms with Gasteiger partial charge >= 0.3 is 19.9 Å². The lowest BCUT2D eigenvalue weighted by atomic mass is 9.95. The lowest BCUT2D eigenvalue weighted by molar-refractivity contribution is -0.137. The Morgan fingerprint density at radius 2 is 1.75 bits per heavy atom. The molecule has 0 saturated carbocycles. The van der Waals surface area contributed by atoms with Crippen LogP contribution in [-0.4, -0.2) is 98.4 Å². The first-order valence-electron chi connectivity index (χ1n) is 17.5. The predicted molar refractivity (Wildman–Crippen MR) is 184 cm³/mol. The number of anilines is 1. The number of aromatic nitrogens is 3. The van der Waals surface area contributed by atoms with Crippen LogP contribution in [0, 0.1) is 5.82 Å². The molecule has 3 aromatic rings. The first kappa shape index (κ1) is 37.4. The number of hydrogen-bond acceptors (Lipinski definition) is 10. The van der Waals surface area contributed by atoms with Crippen LogP contribution in [0.5, 0.6) is 11.8 Å². The molecule has 4 fully saturated rings. The van der Waals surface area contributed by atoms with Gasteiger partial charge < -0.3 is 14.7 Å². The van der Waals surface area contributed by atoms with Crippen molar-refractivity contribution in [2.24, 2.45) is 0 Å². The summed E-state index contributed by atoms with van der Waals surface area (Å²) in [6.07, 6.45) is -2.46. The quantitative estimate of drug-likeness (QED) is 0.161. The van der Waals surface area contributed by atoms with Crippen LogP contribution >= 0.6 is 19.3 Å². The molecular weight excluding hydrogens is 734 g/mol. The summed E-state index contributed by atoms with van der Waals surface area (Å²) >= 11 is 5.93. The van der Waals surface area contributed by atoms with E-state index in [9.17, 15) is 27.2 Å². The molecule has 1 aromatic carbocycles. The minimum Gasteiger partial charge on any atom is -0.508 e. The van der Waals surface area contributed by atoms with Crippen LogP contribution in [0.4, 0.5) is 27.8 Å². The molecule has 18 heteroatoms. The molecule has 4 aliphatic heterocycles. The summed E-state index contributed by atoms with van der Waals surface area (Å²) in [7, 11) is -3.73. The summed E-state index contributed by atoms with van der Waals surface area (Å²) in [6.45, 7) is 8.71. The zero-order valence-electron chi connectivity index (χ0n) is 29.2. The van der Waals surface area contributed by atoms with Gasteiger partial charge in [0, 0.05) is 49.9 Å². The molecule has 2 bridgehead atoms. The Kier molecular flexibility index (Phi) is 9.91. The number of phenolic OH excluding ortho intramolecular Hbond substituents is 1. The van der Waals surface area contributed by atoms with Crippen molar-refractivity contribution < 1.29 is 45.4 Å². The lowest BCUT2D eigenvalue weighted by Crippen LogP contribution is -2.53. The summed E-state index contributed by atoms with van der Waals surface area (Å²) in [5.41, 5.74) is -3.81. The fourth-order valence-electron chi connectivity index (χ4n) is 8.35. The Labute approximate surface area is 303 Å². The summed E-state index contributed by atoms with van der Waals surface area (Å²) in [5.74, 6) is -1.59. The third-order valence-electron chi connectivity index (χ3n) is 10.2. The smallest absolute Gasteiger partial charge is 0.418 e. The van der Waals surface area contributed by atoms with Crippen LogP contribution in [0.2, 0.25) is 5.02 Å². The van der Waals surface area contributed by atoms with Crippen molar-refractivity contribution >= 4 is 36.1 Å². The van der Waals surface area contributed by atoms with E-state index in [0.717, 1.165) is 18.6 Å². The van der Waals surface area contributed by atoms with Gasteiger partial charge in [-0.1, -0.05) is 11.6 Å². The fourth-order valence-corrected chi connectivity index (χ4v) is 11.2. The maximum Gasteiger partial charge on any atom is 0.418 e. The van der Waals surface area contributed by atoms with Crippen molar-refractivity contribution in [2.75, 3.05) is 37.7 Å². The number of hydrogen-bond donors (Lipinski definition) is 1. The van der Waals surface area contributed by atoms with Gasteiger partial charge in [0.05, 0.1) is 33.7 Å². The van der Waals surface area contributed by atoms with Crippen molar-refractivity contribution in [2.45, 2.75) is 102 Å². The topological polar surface area (TPSA) is 113 Å². The van der Waals surface area contributed by atoms with E-state index in [0.29, 0.717) is 25.8 Å². The molecule has 2 aromatic heterocycles. The van der Waals surface area contributed by atoms with Gasteiger partial charge in [0.15, 0.2) is 5.82 Å². The highest BCUT2D eigenvalue weighted by atomic mass is 35.5. The molecule has 284 valence electrons. The van der Waals surface area contributed by atoms with Gasteiger partial charge in [0.25, 0.3) is 0 Å². The Bertz CT molecular complexity index is 1880. The molecule has 0 amide bonds. The molecule has 52 heavy (non-hydrogen) atoms. The highest BCUT2D eigenvalue weighted by Gasteiger charge is 2.52. The van der Waals surface area contributed by atoms with Crippen LogP contribution in [0.25, 0.3) is 22.2 Å². The van der Waals surface area contributed by atoms with Crippen LogP contribution < -0.4 is 9.64 Å². The number of pyridine rings is 1. The van der Waals surface area contributed by atoms with Crippen LogP contribution in [0.1, 0.15) is 65.4 Å². The van der Waals surface area contributed by atoms with Gasteiger partial charge in [-0.2, -0.15) is 27.8 Å². The third kappa shape index (κ3) is 6.83. The second-order valence-corrected chi connectivity index (χ2v) is 16.9.